The molecule has 0 amide bonds. The Balaban J connectivity index is 5.93. The van der Waals surface area contributed by atoms with Crippen molar-refractivity contribution in [3.05, 3.63) is 0 Å². The molecule has 0 rings (SSSR count). The van der Waals surface area contributed by atoms with E-state index in [-0.39, 0.29) is 0 Å². The Morgan fingerprint density at radius 3 is 0.941 bits per heavy atom. The zero-order valence-electron chi connectivity index (χ0n) is 7.14. The Labute approximate surface area is 97.4 Å². The largest absolute Gasteiger partial charge is 0.435 e. The van der Waals surface area contributed by atoms with Gasteiger partial charge in [-0.3, -0.25) is 0 Å². The first-order valence-corrected chi connectivity index (χ1v) is 4.20. The fourth-order valence-corrected chi connectivity index (χ4v) is 1.08. The molecule has 0 fully saturated rings. The minimum Gasteiger partial charge on any atom is -0.317 e. The molecule has 0 aliphatic carbocycles. The van der Waals surface area contributed by atoms with Gasteiger partial charge in [-0.1, -0.05) is 23.2 Å². The van der Waals surface area contributed by atoms with E-state index in [1.165, 1.54) is 0 Å². The van der Waals surface area contributed by atoms with Crippen molar-refractivity contribution < 1.29 is 44.3 Å². The lowest BCUT2D eigenvalue weighted by Crippen LogP contribution is -2.68. The summed E-state index contributed by atoms with van der Waals surface area (Å²) < 4.78 is 111. The summed E-state index contributed by atoms with van der Waals surface area (Å²) in [4.78, 5) is 0. The van der Waals surface area contributed by atoms with Gasteiger partial charge in [-0.15, -0.1) is 0 Å². The highest BCUT2D eigenvalue weighted by molar-refractivity contribution is 6.43. The number of hydrogen-bond acceptors (Lipinski definition) is 1. The van der Waals surface area contributed by atoms with E-state index >= 15 is 0 Å². The molecule has 0 aromatic heterocycles. The number of rotatable bonds is 2. The topological polar surface area (TPSA) is 9.23 Å². The summed E-state index contributed by atoms with van der Waals surface area (Å²) in [5.74, 6) is 0. The quantitative estimate of drug-likeness (QED) is 0.548. The number of ether oxygens (including phenoxy) is 1. The Morgan fingerprint density at radius 2 is 0.882 bits per heavy atom. The normalized spacial score (nSPS) is 15.5. The molecule has 1 nitrogen and oxygen atoms in total. The first-order valence-electron chi connectivity index (χ1n) is 3.33. The van der Waals surface area contributed by atoms with Crippen molar-refractivity contribution in [3.8, 4) is 0 Å². The van der Waals surface area contributed by atoms with Gasteiger partial charge in [-0.2, -0.15) is 39.5 Å². The molecule has 0 aliphatic heterocycles. The van der Waals surface area contributed by atoms with Crippen molar-refractivity contribution in [2.24, 2.45) is 0 Å². The Morgan fingerprint density at radius 1 is 0.647 bits per heavy atom. The highest BCUT2D eigenvalue weighted by atomic mass is 35.5. The average Bonchev–Trinajstić information content (AvgIpc) is 1.91. The standard InChI is InChI=1S/C5HCl2F9O/c6-1(7)17-2(3(8,9)10,4(11,12)13)5(14,15)16/h1H. The van der Waals surface area contributed by atoms with Gasteiger partial charge in [-0.25, -0.2) is 0 Å². The summed E-state index contributed by atoms with van der Waals surface area (Å²) in [5.41, 5.74) is -6.43. The van der Waals surface area contributed by atoms with Gasteiger partial charge >= 0.3 is 24.1 Å². The maximum atomic E-state index is 12.0. The molecule has 0 heterocycles. The molecule has 0 aromatic rings. The Bertz CT molecular complexity index is 228. The minimum absolute atomic E-state index is 2.69. The monoisotopic (exact) mass is 318 g/mol. The van der Waals surface area contributed by atoms with Crippen molar-refractivity contribution in [2.75, 3.05) is 0 Å². The van der Waals surface area contributed by atoms with Crippen LogP contribution < -0.4 is 0 Å². The SMILES string of the molecule is FC(F)(F)C(OC(Cl)Cl)(C(F)(F)F)C(F)(F)F. The Hall–Kier alpha value is -0.0900. The lowest BCUT2D eigenvalue weighted by molar-refractivity contribution is -0.456. The third-order valence-corrected chi connectivity index (χ3v) is 1.64. The van der Waals surface area contributed by atoms with Crippen molar-refractivity contribution >= 4 is 23.2 Å². The van der Waals surface area contributed by atoms with Gasteiger partial charge in [0.25, 0.3) is 0 Å². The van der Waals surface area contributed by atoms with Crippen LogP contribution in [-0.4, -0.2) is 29.2 Å². The summed E-state index contributed by atoms with van der Waals surface area (Å²) in [6.45, 7) is 0. The van der Waals surface area contributed by atoms with Gasteiger partial charge in [0.2, 0.25) is 5.02 Å². The lowest BCUT2D eigenvalue weighted by atomic mass is 10.0. The first-order chi connectivity index (χ1) is 7.17. The fraction of sp³-hybridized carbons (Fsp3) is 1.00. The third kappa shape index (κ3) is 3.02. The molecule has 0 unspecified atom stereocenters. The molecule has 0 N–H and O–H groups in total. The second kappa shape index (κ2) is 4.54. The molecule has 104 valence electrons. The smallest absolute Gasteiger partial charge is 0.317 e. The number of hydrogen-bond donors (Lipinski definition) is 0. The molecule has 0 radical (unpaired) electrons. The molecule has 12 heteroatoms. The van der Waals surface area contributed by atoms with Crippen molar-refractivity contribution in [1.29, 1.82) is 0 Å². The van der Waals surface area contributed by atoms with Crippen LogP contribution in [-0.2, 0) is 4.74 Å². The molecule has 0 spiro atoms. The molecule has 0 saturated heterocycles. The van der Waals surface area contributed by atoms with Crippen LogP contribution in [0.5, 0.6) is 0 Å². The van der Waals surface area contributed by atoms with Crippen molar-refractivity contribution in [3.63, 3.8) is 0 Å². The highest BCUT2D eigenvalue weighted by Gasteiger charge is 2.86. The molecule has 0 aromatic carbocycles. The van der Waals surface area contributed by atoms with Crippen LogP contribution >= 0.6 is 23.2 Å². The molecule has 0 bridgehead atoms. The summed E-state index contributed by atoms with van der Waals surface area (Å²) in [5, 5.41) is -2.97. The van der Waals surface area contributed by atoms with Gasteiger partial charge in [0.05, 0.1) is 0 Å². The predicted molar refractivity (Wildman–Crippen MR) is 37.5 cm³/mol. The maximum Gasteiger partial charge on any atom is 0.435 e. The minimum atomic E-state index is -6.83. The van der Waals surface area contributed by atoms with Crippen LogP contribution in [0.25, 0.3) is 0 Å². The molecular weight excluding hydrogens is 318 g/mol. The second-order valence-corrected chi connectivity index (χ2v) is 3.57. The van der Waals surface area contributed by atoms with Gasteiger partial charge in [0, 0.05) is 0 Å². The van der Waals surface area contributed by atoms with Gasteiger partial charge in [0.1, 0.15) is 0 Å². The summed E-state index contributed by atoms with van der Waals surface area (Å²) in [6.07, 6.45) is -20.5. The molecule has 17 heavy (non-hydrogen) atoms. The van der Waals surface area contributed by atoms with E-state index in [0.717, 1.165) is 0 Å². The number of halogens is 11. The van der Waals surface area contributed by atoms with Gasteiger partial charge in [-0.05, 0) is 0 Å². The lowest BCUT2D eigenvalue weighted by Gasteiger charge is -2.38. The Kier molecular flexibility index (Phi) is 4.52. The van der Waals surface area contributed by atoms with Crippen LogP contribution in [0.1, 0.15) is 0 Å². The van der Waals surface area contributed by atoms with E-state index < -0.39 is 29.2 Å². The van der Waals surface area contributed by atoms with Crippen molar-refractivity contribution in [1.82, 2.24) is 0 Å². The molecular formula is C5HCl2F9O. The van der Waals surface area contributed by atoms with E-state index in [0.29, 0.717) is 0 Å². The van der Waals surface area contributed by atoms with Gasteiger partial charge in [0.15, 0.2) is 0 Å². The van der Waals surface area contributed by atoms with Crippen LogP contribution in [0.15, 0.2) is 0 Å². The maximum absolute atomic E-state index is 12.0. The second-order valence-electron chi connectivity index (χ2n) is 2.55. The zero-order valence-corrected chi connectivity index (χ0v) is 8.66. The zero-order chi connectivity index (χ0) is 14.3. The van der Waals surface area contributed by atoms with E-state index in [2.05, 4.69) is 27.9 Å². The number of alkyl halides is 11. The van der Waals surface area contributed by atoms with Gasteiger partial charge < -0.3 is 4.74 Å². The van der Waals surface area contributed by atoms with Crippen LogP contribution in [0, 0.1) is 0 Å². The van der Waals surface area contributed by atoms with E-state index in [1.807, 2.05) is 0 Å². The average molecular weight is 319 g/mol. The molecule has 0 aliphatic rings. The molecule has 0 saturated carbocycles. The fourth-order valence-electron chi connectivity index (χ4n) is 0.816. The summed E-state index contributed by atoms with van der Waals surface area (Å²) in [6, 6.07) is 0. The van der Waals surface area contributed by atoms with Crippen molar-refractivity contribution in [2.45, 2.75) is 29.2 Å². The predicted octanol–water partition coefficient (Wildman–Crippen LogP) is 4.19. The van der Waals surface area contributed by atoms with Crippen LogP contribution in [0.4, 0.5) is 39.5 Å². The molecule has 0 atom stereocenters. The highest BCUT2D eigenvalue weighted by Crippen LogP contribution is 2.55. The first kappa shape index (κ1) is 16.9. The van der Waals surface area contributed by atoms with Crippen LogP contribution in [0.3, 0.4) is 0 Å². The summed E-state index contributed by atoms with van der Waals surface area (Å²) >= 11 is 8.85. The summed E-state index contributed by atoms with van der Waals surface area (Å²) in [7, 11) is 0. The van der Waals surface area contributed by atoms with Crippen LogP contribution in [0.2, 0.25) is 0 Å². The third-order valence-electron chi connectivity index (χ3n) is 1.46. The van der Waals surface area contributed by atoms with E-state index in [1.54, 1.807) is 0 Å². The van der Waals surface area contributed by atoms with E-state index in [4.69, 9.17) is 0 Å². The van der Waals surface area contributed by atoms with E-state index in [9.17, 15) is 39.5 Å².